The van der Waals surface area contributed by atoms with Crippen molar-refractivity contribution in [2.45, 2.75) is 0 Å². The fraction of sp³-hybridized carbons (Fsp3) is 0. The molecule has 1 N–H and O–H groups in total. The molecule has 0 spiro atoms. The van der Waals surface area contributed by atoms with E-state index in [0.29, 0.717) is 0 Å². The van der Waals surface area contributed by atoms with Gasteiger partial charge in [0, 0.05) is 0 Å². The summed E-state index contributed by atoms with van der Waals surface area (Å²) in [7, 11) is -2.94. The van der Waals surface area contributed by atoms with Gasteiger partial charge in [0.2, 0.25) is 0 Å². The summed E-state index contributed by atoms with van der Waals surface area (Å²) >= 11 is 0. The molecule has 0 heterocycles. The molecule has 0 radical (unpaired) electrons. The Morgan fingerprint density at radius 3 is 2.27 bits per heavy atom. The molecule has 62 valence electrons. The van der Waals surface area contributed by atoms with Crippen LogP contribution < -0.4 is 0 Å². The topological polar surface area (TPSA) is 119 Å². The van der Waals surface area contributed by atoms with Crippen molar-refractivity contribution in [3.63, 3.8) is 0 Å². The average molecular weight is 183 g/mol. The van der Waals surface area contributed by atoms with Gasteiger partial charge in [0.15, 0.2) is 0 Å². The Morgan fingerprint density at radius 2 is 1.91 bits per heavy atom. The van der Waals surface area contributed by atoms with Gasteiger partial charge >= 0.3 is 22.8 Å². The number of carboxylic acid groups (broad SMARTS) is 1. The number of rotatable bonds is 1. The summed E-state index contributed by atoms with van der Waals surface area (Å²) in [6.07, 6.45) is -3.65. The monoisotopic (exact) mass is 183 g/mol. The van der Waals surface area contributed by atoms with Crippen molar-refractivity contribution in [1.82, 2.24) is 0 Å². The van der Waals surface area contributed by atoms with Crippen molar-refractivity contribution in [2.75, 3.05) is 0 Å². The second-order valence-corrected chi connectivity index (χ2v) is 1.58. The Kier molecular flexibility index (Phi) is 3.59. The maximum atomic E-state index is 9.97. The molecule has 0 rings (SSSR count). The zero-order chi connectivity index (χ0) is 8.85. The minimum atomic E-state index is -2.94. The summed E-state index contributed by atoms with van der Waals surface area (Å²) < 4.78 is 24.5. The molecule has 0 aliphatic carbocycles. The van der Waals surface area contributed by atoms with Crippen molar-refractivity contribution in [3.8, 4) is 0 Å². The van der Waals surface area contributed by atoms with Crippen molar-refractivity contribution < 1.29 is 32.7 Å². The first-order valence-corrected chi connectivity index (χ1v) is 2.97. The first kappa shape index (κ1) is 9.36. The van der Waals surface area contributed by atoms with E-state index >= 15 is 0 Å². The third-order valence-corrected chi connectivity index (χ3v) is 0.540. The van der Waals surface area contributed by atoms with Crippen LogP contribution in [-0.2, 0) is 20.1 Å². The lowest BCUT2D eigenvalue weighted by Crippen LogP contribution is -2.08. The van der Waals surface area contributed by atoms with Crippen LogP contribution in [0.2, 0.25) is 0 Å². The summed E-state index contributed by atoms with van der Waals surface area (Å²) in [4.78, 5) is 22.9. The summed E-state index contributed by atoms with van der Waals surface area (Å²) in [5.41, 5.74) is 0. The van der Waals surface area contributed by atoms with Gasteiger partial charge < -0.3 is 9.84 Å². The standard InChI is InChI=1S/C2HNO7S/c4-1(5)9-2(6)10-3-11(7)8/h(H,4,5). The van der Waals surface area contributed by atoms with Crippen LogP contribution in [0.5, 0.6) is 0 Å². The molecule has 11 heavy (non-hydrogen) atoms. The summed E-state index contributed by atoms with van der Waals surface area (Å²) in [5, 5.41) is 7.73. The van der Waals surface area contributed by atoms with E-state index in [1.165, 1.54) is 0 Å². The first-order valence-electron chi connectivity index (χ1n) is 1.94. The van der Waals surface area contributed by atoms with Gasteiger partial charge in [0.1, 0.15) is 0 Å². The molecule has 0 saturated heterocycles. The molecule has 9 heteroatoms. The van der Waals surface area contributed by atoms with Crippen LogP contribution in [0, 0.1) is 0 Å². The minimum absolute atomic E-state index is 1.73. The van der Waals surface area contributed by atoms with Gasteiger partial charge in [-0.1, -0.05) is 0 Å². The van der Waals surface area contributed by atoms with Crippen molar-refractivity contribution in [1.29, 1.82) is 0 Å². The molecule has 0 aliphatic rings. The minimum Gasteiger partial charge on any atom is -0.449 e. The van der Waals surface area contributed by atoms with E-state index in [1.807, 2.05) is 0 Å². The Bertz CT molecular complexity index is 280. The second-order valence-electron chi connectivity index (χ2n) is 1.00. The van der Waals surface area contributed by atoms with E-state index in [-0.39, 0.29) is 0 Å². The third kappa shape index (κ3) is 6.24. The van der Waals surface area contributed by atoms with Gasteiger partial charge in [-0.15, -0.1) is 0 Å². The van der Waals surface area contributed by atoms with E-state index in [4.69, 9.17) is 5.11 Å². The quantitative estimate of drug-likeness (QED) is 0.339. The van der Waals surface area contributed by atoms with Gasteiger partial charge in [-0.2, -0.15) is 8.42 Å². The second kappa shape index (κ2) is 4.22. The molecule has 0 unspecified atom stereocenters. The highest BCUT2D eigenvalue weighted by Crippen LogP contribution is 1.85. The number of ether oxygens (including phenoxy) is 1. The lowest BCUT2D eigenvalue weighted by atomic mass is 11.3. The SMILES string of the molecule is O=C(O)OC(=O)ON=S(=O)=O. The largest absolute Gasteiger partial charge is 0.546 e. The summed E-state index contributed by atoms with van der Waals surface area (Å²) in [6.45, 7) is 0. The van der Waals surface area contributed by atoms with Crippen LogP contribution >= 0.6 is 0 Å². The Balaban J connectivity index is 3.90. The summed E-state index contributed by atoms with van der Waals surface area (Å²) in [5.74, 6) is 0. The predicted octanol–water partition coefficient (Wildman–Crippen LogP) is -0.205. The maximum absolute atomic E-state index is 9.97. The predicted molar refractivity (Wildman–Crippen MR) is 26.9 cm³/mol. The average Bonchev–Trinajstić information content (AvgIpc) is 1.82. The van der Waals surface area contributed by atoms with Crippen molar-refractivity contribution in [2.24, 2.45) is 4.53 Å². The van der Waals surface area contributed by atoms with Crippen LogP contribution in [0.25, 0.3) is 0 Å². The van der Waals surface area contributed by atoms with E-state index in [1.54, 1.807) is 0 Å². The smallest absolute Gasteiger partial charge is 0.449 e. The van der Waals surface area contributed by atoms with E-state index in [9.17, 15) is 18.0 Å². The normalized spacial score (nSPS) is 8.00. The molecule has 8 nitrogen and oxygen atoms in total. The van der Waals surface area contributed by atoms with Crippen LogP contribution in [0.3, 0.4) is 0 Å². The lowest BCUT2D eigenvalue weighted by molar-refractivity contribution is 0.0573. The van der Waals surface area contributed by atoms with E-state index < -0.39 is 22.8 Å². The third-order valence-electron chi connectivity index (χ3n) is 0.343. The van der Waals surface area contributed by atoms with E-state index in [0.717, 1.165) is 0 Å². The molecule has 0 fully saturated rings. The number of hydrogen-bond donors (Lipinski definition) is 1. The van der Waals surface area contributed by atoms with Crippen LogP contribution in [-0.4, -0.2) is 25.8 Å². The van der Waals surface area contributed by atoms with Crippen LogP contribution in [0.15, 0.2) is 4.53 Å². The fourth-order valence-corrected chi connectivity index (χ4v) is 0.272. The molecule has 0 aromatic heterocycles. The number of nitrogens with zero attached hydrogens (tertiary/aromatic N) is 1. The van der Waals surface area contributed by atoms with E-state index in [2.05, 4.69) is 14.1 Å². The van der Waals surface area contributed by atoms with Crippen LogP contribution in [0.1, 0.15) is 0 Å². The number of carbonyl (C=O) groups is 2. The molecule has 0 aliphatic heterocycles. The Hall–Kier alpha value is -1.64. The molecule has 0 amide bonds. The Labute approximate surface area is 61.0 Å². The number of hydrogen-bond acceptors (Lipinski definition) is 7. The van der Waals surface area contributed by atoms with Crippen molar-refractivity contribution >= 4 is 22.8 Å². The highest BCUT2D eigenvalue weighted by molar-refractivity contribution is 7.61. The van der Waals surface area contributed by atoms with Crippen molar-refractivity contribution in [3.05, 3.63) is 0 Å². The Morgan fingerprint density at radius 1 is 1.36 bits per heavy atom. The fourth-order valence-electron chi connectivity index (χ4n) is 0.151. The van der Waals surface area contributed by atoms with Crippen LogP contribution in [0.4, 0.5) is 9.59 Å². The zero-order valence-electron chi connectivity index (χ0n) is 4.75. The molecule has 0 atom stereocenters. The lowest BCUT2D eigenvalue weighted by Gasteiger charge is -1.89. The van der Waals surface area contributed by atoms with Gasteiger partial charge in [-0.3, -0.25) is 4.84 Å². The van der Waals surface area contributed by atoms with Gasteiger partial charge in [-0.25, -0.2) is 9.59 Å². The molecular formula is C2HNO7S. The zero-order valence-corrected chi connectivity index (χ0v) is 5.57. The highest BCUT2D eigenvalue weighted by Gasteiger charge is 2.08. The molecule has 0 saturated carbocycles. The highest BCUT2D eigenvalue weighted by atomic mass is 32.2. The summed E-state index contributed by atoms with van der Waals surface area (Å²) in [6, 6.07) is 0. The van der Waals surface area contributed by atoms with Gasteiger partial charge in [0.25, 0.3) is 0 Å². The number of carbonyl (C=O) groups excluding carboxylic acids is 1. The molecule has 0 aromatic carbocycles. The van der Waals surface area contributed by atoms with Gasteiger partial charge in [0.05, 0.1) is 4.53 Å². The van der Waals surface area contributed by atoms with Gasteiger partial charge in [-0.05, 0) is 0 Å². The maximum Gasteiger partial charge on any atom is 0.546 e. The molecular weight excluding hydrogens is 182 g/mol. The first-order chi connectivity index (χ1) is 5.02. The molecule has 0 aromatic rings. The molecule has 0 bridgehead atoms.